The fraction of sp³-hybridized carbons (Fsp3) is 0.250. The van der Waals surface area contributed by atoms with Gasteiger partial charge in [-0.05, 0) is 17.0 Å². The van der Waals surface area contributed by atoms with E-state index in [4.69, 9.17) is 32.5 Å². The van der Waals surface area contributed by atoms with Crippen molar-refractivity contribution in [2.24, 2.45) is 0 Å². The monoisotopic (exact) mass is 404 g/mol. The smallest absolute Gasteiger partial charge is 0.341 e. The Morgan fingerprint density at radius 1 is 1.15 bits per heavy atom. The van der Waals surface area contributed by atoms with E-state index in [1.54, 1.807) is 6.07 Å². The quantitative estimate of drug-likeness (QED) is 0.412. The van der Waals surface area contributed by atoms with Gasteiger partial charge < -0.3 is 9.26 Å². The van der Waals surface area contributed by atoms with Crippen molar-refractivity contribution in [2.45, 2.75) is 32.8 Å². The van der Waals surface area contributed by atoms with Crippen LogP contribution in [0.1, 0.15) is 42.5 Å². The third-order valence-electron chi connectivity index (χ3n) is 3.98. The molecule has 2 aromatic heterocycles. The third-order valence-corrected chi connectivity index (χ3v) is 4.48. The number of benzene rings is 1. The molecule has 2 heterocycles. The molecule has 5 nitrogen and oxygen atoms in total. The molecule has 0 amide bonds. The Balaban J connectivity index is 1.67. The van der Waals surface area contributed by atoms with E-state index < -0.39 is 5.97 Å². The standard InChI is InChI=1S/C20H18Cl2N2O3/c1-20(2,3)13-6-4-12(5-7-13)17-9-15(27-24-17)11-26-19(25)16-8-14(21)10-23-18(16)22/h4-10H,11H2,1-3H3. The van der Waals surface area contributed by atoms with Crippen LogP contribution in [0.15, 0.2) is 47.1 Å². The molecule has 0 fully saturated rings. The van der Waals surface area contributed by atoms with Crippen LogP contribution in [0.5, 0.6) is 0 Å². The number of carbonyl (C=O) groups is 1. The normalized spacial score (nSPS) is 11.4. The maximum atomic E-state index is 12.1. The first-order valence-electron chi connectivity index (χ1n) is 8.29. The summed E-state index contributed by atoms with van der Waals surface area (Å²) in [6.45, 7) is 6.40. The van der Waals surface area contributed by atoms with Crippen molar-refractivity contribution in [1.82, 2.24) is 10.1 Å². The number of pyridine rings is 1. The first-order chi connectivity index (χ1) is 12.7. The van der Waals surface area contributed by atoms with Gasteiger partial charge in [-0.15, -0.1) is 0 Å². The van der Waals surface area contributed by atoms with Crippen LogP contribution >= 0.6 is 23.2 Å². The Bertz CT molecular complexity index is 960. The van der Waals surface area contributed by atoms with E-state index in [0.717, 1.165) is 5.56 Å². The van der Waals surface area contributed by atoms with Crippen LogP contribution in [-0.4, -0.2) is 16.1 Å². The number of esters is 1. The van der Waals surface area contributed by atoms with Gasteiger partial charge >= 0.3 is 5.97 Å². The van der Waals surface area contributed by atoms with Crippen LogP contribution in [0, 0.1) is 0 Å². The third kappa shape index (κ3) is 4.67. The van der Waals surface area contributed by atoms with E-state index in [9.17, 15) is 4.79 Å². The highest BCUT2D eigenvalue weighted by Gasteiger charge is 2.16. The van der Waals surface area contributed by atoms with Gasteiger partial charge in [-0.2, -0.15) is 0 Å². The van der Waals surface area contributed by atoms with E-state index in [0.29, 0.717) is 16.5 Å². The van der Waals surface area contributed by atoms with Crippen LogP contribution in [0.25, 0.3) is 11.3 Å². The average molecular weight is 405 g/mol. The maximum absolute atomic E-state index is 12.1. The average Bonchev–Trinajstić information content (AvgIpc) is 3.10. The van der Waals surface area contributed by atoms with Crippen LogP contribution in [0.3, 0.4) is 0 Å². The number of aromatic nitrogens is 2. The summed E-state index contributed by atoms with van der Waals surface area (Å²) in [4.78, 5) is 16.0. The summed E-state index contributed by atoms with van der Waals surface area (Å²) in [6.07, 6.45) is 1.36. The lowest BCUT2D eigenvalue weighted by atomic mass is 9.86. The highest BCUT2D eigenvalue weighted by molar-refractivity contribution is 6.34. The second kappa shape index (κ2) is 7.71. The summed E-state index contributed by atoms with van der Waals surface area (Å²) in [7, 11) is 0. The zero-order valence-electron chi connectivity index (χ0n) is 15.1. The summed E-state index contributed by atoms with van der Waals surface area (Å²) < 4.78 is 10.5. The van der Waals surface area contributed by atoms with Crippen molar-refractivity contribution in [3.05, 3.63) is 69.7 Å². The highest BCUT2D eigenvalue weighted by Crippen LogP contribution is 2.26. The molecule has 0 bridgehead atoms. The number of hydrogen-bond acceptors (Lipinski definition) is 5. The Morgan fingerprint density at radius 3 is 2.52 bits per heavy atom. The second-order valence-corrected chi connectivity index (χ2v) is 7.87. The lowest BCUT2D eigenvalue weighted by Gasteiger charge is -2.18. The number of rotatable bonds is 4. The summed E-state index contributed by atoms with van der Waals surface area (Å²) in [5.41, 5.74) is 3.01. The van der Waals surface area contributed by atoms with Crippen LogP contribution in [0.2, 0.25) is 10.2 Å². The molecule has 0 radical (unpaired) electrons. The summed E-state index contributed by atoms with van der Waals surface area (Å²) in [5, 5.41) is 4.36. The van der Waals surface area contributed by atoms with Gasteiger partial charge in [0.1, 0.15) is 10.8 Å². The van der Waals surface area contributed by atoms with Gasteiger partial charge in [0.15, 0.2) is 12.4 Å². The minimum absolute atomic E-state index is 0.0293. The Hall–Kier alpha value is -2.37. The molecule has 1 aromatic carbocycles. The molecule has 0 aliphatic carbocycles. The van der Waals surface area contributed by atoms with Crippen molar-refractivity contribution in [2.75, 3.05) is 0 Å². The molecule has 0 saturated heterocycles. The molecule has 140 valence electrons. The topological polar surface area (TPSA) is 65.2 Å². The van der Waals surface area contributed by atoms with E-state index in [1.807, 2.05) is 12.1 Å². The molecule has 0 N–H and O–H groups in total. The van der Waals surface area contributed by atoms with Gasteiger partial charge in [-0.25, -0.2) is 9.78 Å². The van der Waals surface area contributed by atoms with Crippen LogP contribution in [0.4, 0.5) is 0 Å². The maximum Gasteiger partial charge on any atom is 0.341 e. The lowest BCUT2D eigenvalue weighted by Crippen LogP contribution is -2.10. The lowest BCUT2D eigenvalue weighted by molar-refractivity contribution is 0.0437. The largest absolute Gasteiger partial charge is 0.454 e. The number of nitrogens with zero attached hydrogens (tertiary/aromatic N) is 2. The second-order valence-electron chi connectivity index (χ2n) is 7.07. The Morgan fingerprint density at radius 2 is 1.85 bits per heavy atom. The van der Waals surface area contributed by atoms with Crippen molar-refractivity contribution in [1.29, 1.82) is 0 Å². The molecular weight excluding hydrogens is 387 g/mol. The van der Waals surface area contributed by atoms with Crippen molar-refractivity contribution < 1.29 is 14.1 Å². The molecule has 0 spiro atoms. The number of carbonyl (C=O) groups excluding carboxylic acids is 1. The summed E-state index contributed by atoms with van der Waals surface area (Å²) >= 11 is 11.7. The van der Waals surface area contributed by atoms with Crippen molar-refractivity contribution in [3.8, 4) is 11.3 Å². The van der Waals surface area contributed by atoms with Crippen LogP contribution in [-0.2, 0) is 16.8 Å². The fourth-order valence-corrected chi connectivity index (χ4v) is 2.78. The van der Waals surface area contributed by atoms with Gasteiger partial charge in [0, 0.05) is 17.8 Å². The summed E-state index contributed by atoms with van der Waals surface area (Å²) in [6, 6.07) is 11.3. The SMILES string of the molecule is CC(C)(C)c1ccc(-c2cc(COC(=O)c3cc(Cl)cnc3Cl)on2)cc1. The minimum atomic E-state index is -0.637. The number of halogens is 2. The molecule has 27 heavy (non-hydrogen) atoms. The Kier molecular flexibility index (Phi) is 5.53. The molecule has 0 aliphatic heterocycles. The van der Waals surface area contributed by atoms with E-state index >= 15 is 0 Å². The molecule has 0 saturated carbocycles. The highest BCUT2D eigenvalue weighted by atomic mass is 35.5. The molecule has 7 heteroatoms. The molecule has 3 aromatic rings. The molecule has 0 unspecified atom stereocenters. The van der Waals surface area contributed by atoms with E-state index in [-0.39, 0.29) is 22.7 Å². The first-order valence-corrected chi connectivity index (χ1v) is 9.04. The van der Waals surface area contributed by atoms with Gasteiger partial charge in [0.05, 0.1) is 10.6 Å². The van der Waals surface area contributed by atoms with E-state index in [1.165, 1.54) is 17.8 Å². The fourth-order valence-electron chi connectivity index (χ4n) is 2.44. The molecule has 0 aliphatic rings. The predicted molar refractivity (Wildman–Crippen MR) is 104 cm³/mol. The number of ether oxygens (including phenoxy) is 1. The number of hydrogen-bond donors (Lipinski definition) is 0. The molecule has 0 atom stereocenters. The van der Waals surface area contributed by atoms with Crippen molar-refractivity contribution in [3.63, 3.8) is 0 Å². The van der Waals surface area contributed by atoms with Gasteiger partial charge in [0.2, 0.25) is 0 Å². The van der Waals surface area contributed by atoms with Gasteiger partial charge in [-0.3, -0.25) is 0 Å². The minimum Gasteiger partial charge on any atom is -0.454 e. The van der Waals surface area contributed by atoms with Crippen molar-refractivity contribution >= 4 is 29.2 Å². The molecule has 3 rings (SSSR count). The zero-order chi connectivity index (χ0) is 19.6. The van der Waals surface area contributed by atoms with E-state index in [2.05, 4.69) is 43.0 Å². The van der Waals surface area contributed by atoms with Gasteiger partial charge in [0.25, 0.3) is 0 Å². The Labute approximate surface area is 167 Å². The van der Waals surface area contributed by atoms with Crippen LogP contribution < -0.4 is 0 Å². The van der Waals surface area contributed by atoms with Gasteiger partial charge in [-0.1, -0.05) is 73.4 Å². The zero-order valence-corrected chi connectivity index (χ0v) is 16.6. The predicted octanol–water partition coefficient (Wildman–Crippen LogP) is 5.70. The summed E-state index contributed by atoms with van der Waals surface area (Å²) in [5.74, 6) is -0.216. The molecular formula is C20H18Cl2N2O3. The first kappa shape index (κ1) is 19.4.